The van der Waals surface area contributed by atoms with Crippen LogP contribution in [0.3, 0.4) is 0 Å². The van der Waals surface area contributed by atoms with Gasteiger partial charge in [0, 0.05) is 18.4 Å². The minimum Gasteiger partial charge on any atom is -0.458 e. The maximum absolute atomic E-state index is 10.8. The fourth-order valence-corrected chi connectivity index (χ4v) is 1.76. The van der Waals surface area contributed by atoms with Crippen molar-refractivity contribution in [3.63, 3.8) is 0 Å². The molecule has 1 fully saturated rings. The van der Waals surface area contributed by atoms with Crippen molar-refractivity contribution in [1.82, 2.24) is 0 Å². The first-order chi connectivity index (χ1) is 5.31. The summed E-state index contributed by atoms with van der Waals surface area (Å²) in [6, 6.07) is 0. The topological polar surface area (TPSA) is 46.5 Å². The summed E-state index contributed by atoms with van der Waals surface area (Å²) in [4.78, 5) is 10.8. The predicted molar refractivity (Wildman–Crippen MR) is 37.7 cm³/mol. The highest BCUT2D eigenvalue weighted by atomic mass is 16.5. The van der Waals surface area contributed by atoms with Crippen LogP contribution in [-0.4, -0.2) is 23.8 Å². The first-order valence-corrected chi connectivity index (χ1v) is 3.80. The SMILES string of the molecule is O=C1C[C@H]2[C@H](C=C[C@H]2CO)O1. The second-order valence-corrected chi connectivity index (χ2v) is 3.05. The third-order valence-electron chi connectivity index (χ3n) is 2.40. The second kappa shape index (κ2) is 2.34. The van der Waals surface area contributed by atoms with E-state index in [1.54, 1.807) is 0 Å². The molecular weight excluding hydrogens is 144 g/mol. The van der Waals surface area contributed by atoms with Gasteiger partial charge in [-0.1, -0.05) is 6.08 Å². The van der Waals surface area contributed by atoms with E-state index in [1.807, 2.05) is 12.2 Å². The van der Waals surface area contributed by atoms with Crippen molar-refractivity contribution in [1.29, 1.82) is 0 Å². The highest BCUT2D eigenvalue weighted by Gasteiger charge is 2.40. The van der Waals surface area contributed by atoms with Crippen LogP contribution in [0.1, 0.15) is 6.42 Å². The van der Waals surface area contributed by atoms with E-state index < -0.39 is 0 Å². The fraction of sp³-hybridized carbons (Fsp3) is 0.625. The van der Waals surface area contributed by atoms with Gasteiger partial charge in [0.15, 0.2) is 0 Å². The van der Waals surface area contributed by atoms with Crippen LogP contribution in [0.25, 0.3) is 0 Å². The molecule has 0 unspecified atom stereocenters. The van der Waals surface area contributed by atoms with E-state index in [9.17, 15) is 4.79 Å². The van der Waals surface area contributed by atoms with Crippen LogP contribution in [0.4, 0.5) is 0 Å². The number of hydrogen-bond donors (Lipinski definition) is 1. The molecule has 0 aromatic rings. The van der Waals surface area contributed by atoms with Crippen LogP contribution < -0.4 is 0 Å². The van der Waals surface area contributed by atoms with Crippen LogP contribution in [0.2, 0.25) is 0 Å². The molecule has 0 bridgehead atoms. The second-order valence-electron chi connectivity index (χ2n) is 3.05. The fourth-order valence-electron chi connectivity index (χ4n) is 1.76. The molecule has 1 N–H and O–H groups in total. The van der Waals surface area contributed by atoms with Crippen molar-refractivity contribution < 1.29 is 14.6 Å². The van der Waals surface area contributed by atoms with Crippen molar-refractivity contribution in [2.75, 3.05) is 6.61 Å². The Morgan fingerprint density at radius 1 is 1.64 bits per heavy atom. The quantitative estimate of drug-likeness (QED) is 0.430. The molecule has 1 aliphatic carbocycles. The molecule has 0 radical (unpaired) electrons. The number of carbonyl (C=O) groups excluding carboxylic acids is 1. The molecule has 0 saturated carbocycles. The lowest BCUT2D eigenvalue weighted by Gasteiger charge is -2.11. The number of rotatable bonds is 1. The van der Waals surface area contributed by atoms with E-state index in [0.29, 0.717) is 6.42 Å². The lowest BCUT2D eigenvalue weighted by atomic mass is 9.93. The van der Waals surface area contributed by atoms with E-state index >= 15 is 0 Å². The van der Waals surface area contributed by atoms with Crippen LogP contribution in [0.15, 0.2) is 12.2 Å². The molecule has 0 spiro atoms. The first kappa shape index (κ1) is 6.85. The summed E-state index contributed by atoms with van der Waals surface area (Å²) in [7, 11) is 0. The lowest BCUT2D eigenvalue weighted by molar-refractivity contribution is -0.140. The molecule has 60 valence electrons. The normalized spacial score (nSPS) is 40.8. The summed E-state index contributed by atoms with van der Waals surface area (Å²) < 4.78 is 4.98. The summed E-state index contributed by atoms with van der Waals surface area (Å²) >= 11 is 0. The molecule has 3 heteroatoms. The molecule has 0 aromatic heterocycles. The molecule has 0 aromatic carbocycles. The first-order valence-electron chi connectivity index (χ1n) is 3.80. The van der Waals surface area contributed by atoms with Crippen molar-refractivity contribution >= 4 is 5.97 Å². The van der Waals surface area contributed by atoms with Gasteiger partial charge in [-0.2, -0.15) is 0 Å². The number of hydrogen-bond acceptors (Lipinski definition) is 3. The Morgan fingerprint density at radius 3 is 3.18 bits per heavy atom. The highest BCUT2D eigenvalue weighted by molar-refractivity contribution is 5.73. The predicted octanol–water partition coefficient (Wildman–Crippen LogP) is 0.0964. The van der Waals surface area contributed by atoms with Crippen LogP contribution >= 0.6 is 0 Å². The third kappa shape index (κ3) is 0.959. The van der Waals surface area contributed by atoms with Crippen LogP contribution in [0, 0.1) is 11.8 Å². The number of carbonyl (C=O) groups is 1. The van der Waals surface area contributed by atoms with E-state index in [4.69, 9.17) is 9.84 Å². The zero-order chi connectivity index (χ0) is 7.84. The van der Waals surface area contributed by atoms with Gasteiger partial charge in [0.25, 0.3) is 0 Å². The summed E-state index contributed by atoms with van der Waals surface area (Å²) in [5.41, 5.74) is 0. The Morgan fingerprint density at radius 2 is 2.45 bits per heavy atom. The van der Waals surface area contributed by atoms with Crippen LogP contribution in [0.5, 0.6) is 0 Å². The van der Waals surface area contributed by atoms with Gasteiger partial charge in [0.05, 0.1) is 6.42 Å². The van der Waals surface area contributed by atoms with Gasteiger partial charge in [0.1, 0.15) is 6.10 Å². The van der Waals surface area contributed by atoms with Gasteiger partial charge < -0.3 is 9.84 Å². The van der Waals surface area contributed by atoms with Gasteiger partial charge in [-0.15, -0.1) is 0 Å². The molecule has 2 aliphatic rings. The molecule has 3 atom stereocenters. The average molecular weight is 154 g/mol. The molecule has 0 amide bonds. The summed E-state index contributed by atoms with van der Waals surface area (Å²) in [6.45, 7) is 0.119. The monoisotopic (exact) mass is 154 g/mol. The van der Waals surface area contributed by atoms with Gasteiger partial charge in [-0.3, -0.25) is 4.79 Å². The minimum absolute atomic E-state index is 0.0559. The molecule has 1 saturated heterocycles. The van der Waals surface area contributed by atoms with E-state index in [0.717, 1.165) is 0 Å². The maximum Gasteiger partial charge on any atom is 0.306 e. The molecule has 2 rings (SSSR count). The Bertz CT molecular complexity index is 209. The van der Waals surface area contributed by atoms with Crippen molar-refractivity contribution in [2.24, 2.45) is 11.8 Å². The van der Waals surface area contributed by atoms with Crippen molar-refractivity contribution in [3.8, 4) is 0 Å². The van der Waals surface area contributed by atoms with Crippen molar-refractivity contribution in [3.05, 3.63) is 12.2 Å². The zero-order valence-electron chi connectivity index (χ0n) is 6.06. The molecule has 1 heterocycles. The standard InChI is InChI=1S/C8H10O3/c9-4-5-1-2-7-6(5)3-8(10)11-7/h1-2,5-7,9H,3-4H2/t5-,6+,7-/m0/s1. The number of fused-ring (bicyclic) bond motifs is 1. The lowest BCUT2D eigenvalue weighted by Crippen LogP contribution is -2.17. The number of ether oxygens (including phenoxy) is 1. The number of esters is 1. The van der Waals surface area contributed by atoms with Crippen molar-refractivity contribution in [2.45, 2.75) is 12.5 Å². The zero-order valence-corrected chi connectivity index (χ0v) is 6.06. The van der Waals surface area contributed by atoms with E-state index in [1.165, 1.54) is 0 Å². The van der Waals surface area contributed by atoms with Gasteiger partial charge in [0.2, 0.25) is 0 Å². The number of aliphatic hydroxyl groups is 1. The maximum atomic E-state index is 10.8. The summed E-state index contributed by atoms with van der Waals surface area (Å²) in [5, 5.41) is 8.88. The Hall–Kier alpha value is -0.830. The Kier molecular flexibility index (Phi) is 1.46. The van der Waals surface area contributed by atoms with E-state index in [-0.39, 0.29) is 30.5 Å². The average Bonchev–Trinajstić information content (AvgIpc) is 2.45. The van der Waals surface area contributed by atoms with Crippen LogP contribution in [-0.2, 0) is 9.53 Å². The number of aliphatic hydroxyl groups excluding tert-OH is 1. The van der Waals surface area contributed by atoms with Gasteiger partial charge in [-0.25, -0.2) is 0 Å². The molecular formula is C8H10O3. The Balaban J connectivity index is 2.13. The smallest absolute Gasteiger partial charge is 0.306 e. The molecule has 11 heavy (non-hydrogen) atoms. The Labute approximate surface area is 64.7 Å². The van der Waals surface area contributed by atoms with E-state index in [2.05, 4.69) is 0 Å². The molecule has 1 aliphatic heterocycles. The van der Waals surface area contributed by atoms with Gasteiger partial charge >= 0.3 is 5.97 Å². The van der Waals surface area contributed by atoms with Gasteiger partial charge in [-0.05, 0) is 6.08 Å². The summed E-state index contributed by atoms with van der Waals surface area (Å²) in [5.74, 6) is 0.196. The minimum atomic E-state index is -0.136. The highest BCUT2D eigenvalue weighted by Crippen LogP contribution is 2.35. The largest absolute Gasteiger partial charge is 0.458 e. The molecule has 3 nitrogen and oxygen atoms in total. The summed E-state index contributed by atoms with van der Waals surface area (Å²) in [6.07, 6.45) is 4.21. The third-order valence-corrected chi connectivity index (χ3v) is 2.40.